The fourth-order valence-corrected chi connectivity index (χ4v) is 5.85. The van der Waals surface area contributed by atoms with Crippen LogP contribution < -0.4 is 10.1 Å². The molecule has 2 aromatic rings. The van der Waals surface area contributed by atoms with E-state index in [0.29, 0.717) is 34.6 Å². The summed E-state index contributed by atoms with van der Waals surface area (Å²) in [7, 11) is -3.72. The van der Waals surface area contributed by atoms with Crippen LogP contribution in [-0.4, -0.2) is 44.1 Å². The van der Waals surface area contributed by atoms with Crippen LogP contribution >= 0.6 is 22.9 Å². The molecule has 0 saturated carbocycles. The number of hydrogen-bond donors (Lipinski definition) is 1. The van der Waals surface area contributed by atoms with E-state index in [1.165, 1.54) is 21.7 Å². The Morgan fingerprint density at radius 3 is 2.53 bits per heavy atom. The molecule has 162 valence electrons. The summed E-state index contributed by atoms with van der Waals surface area (Å²) in [6.45, 7) is 3.04. The summed E-state index contributed by atoms with van der Waals surface area (Å²) >= 11 is 7.01. The molecule has 0 aliphatic carbocycles. The number of halogens is 1. The number of ketones is 1. The highest BCUT2D eigenvalue weighted by molar-refractivity contribution is 7.89. The standard InChI is InChI=1S/C20H23ClN2O5S2/c1-2-28-16-7-5-14(13-18(16)30(26,27)23-11-3-4-12-23)22-20(25)10-6-15(24)17-8-9-19(21)29-17/h5,7-9,13H,2-4,6,10-12H2,1H3,(H,22,25). The molecule has 1 aromatic carbocycles. The molecule has 1 amide bonds. The molecule has 0 unspecified atom stereocenters. The number of rotatable bonds is 9. The molecule has 3 rings (SSSR count). The summed E-state index contributed by atoms with van der Waals surface area (Å²) < 4.78 is 33.5. The maximum Gasteiger partial charge on any atom is 0.246 e. The van der Waals surface area contributed by atoms with Crippen molar-refractivity contribution in [3.05, 3.63) is 39.5 Å². The zero-order chi connectivity index (χ0) is 21.7. The molecular formula is C20H23ClN2O5S2. The molecule has 0 spiro atoms. The minimum atomic E-state index is -3.72. The number of nitrogens with one attached hydrogen (secondary N) is 1. The number of amides is 1. The summed E-state index contributed by atoms with van der Waals surface area (Å²) in [6, 6.07) is 7.82. The molecule has 0 radical (unpaired) electrons. The van der Waals surface area contributed by atoms with E-state index < -0.39 is 10.0 Å². The van der Waals surface area contributed by atoms with Crippen molar-refractivity contribution in [3.63, 3.8) is 0 Å². The van der Waals surface area contributed by atoms with Gasteiger partial charge in [-0.2, -0.15) is 4.31 Å². The number of anilines is 1. The Hall–Kier alpha value is -1.94. The maximum absolute atomic E-state index is 13.0. The Bertz CT molecular complexity index is 1030. The Morgan fingerprint density at radius 2 is 1.90 bits per heavy atom. The molecule has 2 heterocycles. The van der Waals surface area contributed by atoms with Crippen molar-refractivity contribution in [2.45, 2.75) is 37.5 Å². The smallest absolute Gasteiger partial charge is 0.246 e. The van der Waals surface area contributed by atoms with Gasteiger partial charge in [-0.1, -0.05) is 11.6 Å². The Kier molecular flexibility index (Phi) is 7.51. The van der Waals surface area contributed by atoms with Crippen LogP contribution in [0, 0.1) is 0 Å². The molecule has 1 aromatic heterocycles. The van der Waals surface area contributed by atoms with Gasteiger partial charge in [0.15, 0.2) is 5.78 Å². The van der Waals surface area contributed by atoms with Crippen LogP contribution in [0.1, 0.15) is 42.3 Å². The van der Waals surface area contributed by atoms with E-state index in [2.05, 4.69) is 5.32 Å². The quantitative estimate of drug-likeness (QED) is 0.555. The Labute approximate surface area is 185 Å². The van der Waals surface area contributed by atoms with E-state index in [1.54, 1.807) is 31.2 Å². The van der Waals surface area contributed by atoms with E-state index in [9.17, 15) is 18.0 Å². The van der Waals surface area contributed by atoms with Gasteiger partial charge in [-0.15, -0.1) is 11.3 Å². The SMILES string of the molecule is CCOc1ccc(NC(=O)CCC(=O)c2ccc(Cl)s2)cc1S(=O)(=O)N1CCCC1. The van der Waals surface area contributed by atoms with E-state index in [0.717, 1.165) is 12.8 Å². The topological polar surface area (TPSA) is 92.8 Å². The third-order valence-electron chi connectivity index (χ3n) is 4.64. The van der Waals surface area contributed by atoms with Gasteiger partial charge in [0.05, 0.1) is 15.8 Å². The molecule has 7 nitrogen and oxygen atoms in total. The monoisotopic (exact) mass is 470 g/mol. The largest absolute Gasteiger partial charge is 0.492 e. The first-order valence-corrected chi connectivity index (χ1v) is 12.3. The zero-order valence-electron chi connectivity index (χ0n) is 16.5. The number of nitrogens with zero attached hydrogens (tertiary/aromatic N) is 1. The average molecular weight is 471 g/mol. The third-order valence-corrected chi connectivity index (χ3v) is 7.83. The van der Waals surface area contributed by atoms with Gasteiger partial charge in [0.1, 0.15) is 10.6 Å². The highest BCUT2D eigenvalue weighted by atomic mass is 35.5. The lowest BCUT2D eigenvalue weighted by atomic mass is 10.2. The first-order chi connectivity index (χ1) is 14.3. The Balaban J connectivity index is 1.71. The van der Waals surface area contributed by atoms with E-state index in [4.69, 9.17) is 16.3 Å². The molecule has 0 bridgehead atoms. The minimum absolute atomic E-state index is 0.0181. The van der Waals surface area contributed by atoms with Crippen LogP contribution in [0.25, 0.3) is 0 Å². The highest BCUT2D eigenvalue weighted by Gasteiger charge is 2.30. The lowest BCUT2D eigenvalue weighted by molar-refractivity contribution is -0.116. The van der Waals surface area contributed by atoms with Crippen molar-refractivity contribution >= 4 is 50.3 Å². The molecule has 1 N–H and O–H groups in total. The van der Waals surface area contributed by atoms with Crippen LogP contribution in [0.5, 0.6) is 5.75 Å². The molecule has 10 heteroatoms. The predicted molar refractivity (Wildman–Crippen MR) is 117 cm³/mol. The molecule has 0 atom stereocenters. The molecule has 30 heavy (non-hydrogen) atoms. The molecular weight excluding hydrogens is 448 g/mol. The van der Waals surface area contributed by atoms with Crippen LogP contribution in [0.3, 0.4) is 0 Å². The average Bonchev–Trinajstić information content (AvgIpc) is 3.39. The second kappa shape index (κ2) is 9.91. The third kappa shape index (κ3) is 5.40. The fraction of sp³-hybridized carbons (Fsp3) is 0.400. The van der Waals surface area contributed by atoms with Crippen LogP contribution in [0.15, 0.2) is 35.2 Å². The summed E-state index contributed by atoms with van der Waals surface area (Å²) in [4.78, 5) is 25.0. The number of carbonyl (C=O) groups is 2. The molecule has 1 fully saturated rings. The predicted octanol–water partition coefficient (Wildman–Crippen LogP) is 4.19. The van der Waals surface area contributed by atoms with Crippen molar-refractivity contribution in [2.75, 3.05) is 25.0 Å². The van der Waals surface area contributed by atoms with Crippen molar-refractivity contribution in [3.8, 4) is 5.75 Å². The van der Waals surface area contributed by atoms with Crippen molar-refractivity contribution < 1.29 is 22.7 Å². The minimum Gasteiger partial charge on any atom is -0.492 e. The van der Waals surface area contributed by atoms with Gasteiger partial charge in [-0.25, -0.2) is 8.42 Å². The van der Waals surface area contributed by atoms with E-state index >= 15 is 0 Å². The number of thiophene rings is 1. The lowest BCUT2D eigenvalue weighted by Gasteiger charge is -2.19. The highest BCUT2D eigenvalue weighted by Crippen LogP contribution is 2.32. The van der Waals surface area contributed by atoms with Crippen molar-refractivity contribution in [1.82, 2.24) is 4.31 Å². The molecule has 1 aliphatic heterocycles. The first-order valence-electron chi connectivity index (χ1n) is 9.66. The van der Waals surface area contributed by atoms with Gasteiger partial charge in [0.25, 0.3) is 0 Å². The van der Waals surface area contributed by atoms with Gasteiger partial charge in [-0.3, -0.25) is 9.59 Å². The fourth-order valence-electron chi connectivity index (χ4n) is 3.17. The van der Waals surface area contributed by atoms with Gasteiger partial charge < -0.3 is 10.1 Å². The summed E-state index contributed by atoms with van der Waals surface area (Å²) in [6.07, 6.45) is 1.67. The second-order valence-electron chi connectivity index (χ2n) is 6.78. The number of hydrogen-bond acceptors (Lipinski definition) is 6. The summed E-state index contributed by atoms with van der Waals surface area (Å²) in [5.41, 5.74) is 0.341. The van der Waals surface area contributed by atoms with Gasteiger partial charge >= 0.3 is 0 Å². The van der Waals surface area contributed by atoms with Crippen LogP contribution in [0.2, 0.25) is 4.34 Å². The number of carbonyl (C=O) groups excluding carboxylic acids is 2. The number of sulfonamides is 1. The van der Waals surface area contributed by atoms with Crippen molar-refractivity contribution in [2.24, 2.45) is 0 Å². The maximum atomic E-state index is 13.0. The second-order valence-corrected chi connectivity index (χ2v) is 10.4. The zero-order valence-corrected chi connectivity index (χ0v) is 18.9. The van der Waals surface area contributed by atoms with Gasteiger partial charge in [0.2, 0.25) is 15.9 Å². The van der Waals surface area contributed by atoms with Gasteiger partial charge in [0, 0.05) is 31.6 Å². The number of Topliss-reactive ketones (excluding diaryl/α,β-unsaturated/α-hetero) is 1. The Morgan fingerprint density at radius 1 is 1.17 bits per heavy atom. The number of ether oxygens (including phenoxy) is 1. The lowest BCUT2D eigenvalue weighted by Crippen LogP contribution is -2.28. The van der Waals surface area contributed by atoms with Crippen LogP contribution in [-0.2, 0) is 14.8 Å². The van der Waals surface area contributed by atoms with E-state index in [-0.39, 0.29) is 35.2 Å². The summed E-state index contributed by atoms with van der Waals surface area (Å²) in [5, 5.41) is 2.67. The van der Waals surface area contributed by atoms with Gasteiger partial charge in [-0.05, 0) is 50.1 Å². The normalized spacial score (nSPS) is 14.6. The van der Waals surface area contributed by atoms with E-state index in [1.807, 2.05) is 0 Å². The van der Waals surface area contributed by atoms with Crippen molar-refractivity contribution in [1.29, 1.82) is 0 Å². The number of benzene rings is 1. The first kappa shape index (κ1) is 22.7. The molecule has 1 saturated heterocycles. The molecule has 1 aliphatic rings. The summed E-state index contributed by atoms with van der Waals surface area (Å²) in [5.74, 6) is -0.280. The van der Waals surface area contributed by atoms with Crippen LogP contribution in [0.4, 0.5) is 5.69 Å².